The molecular formula is C30H35N5O5S2. The van der Waals surface area contributed by atoms with E-state index in [2.05, 4.69) is 9.98 Å². The highest BCUT2D eigenvalue weighted by atomic mass is 32.2. The Morgan fingerprint density at radius 1 is 1.14 bits per heavy atom. The summed E-state index contributed by atoms with van der Waals surface area (Å²) in [5.41, 5.74) is 8.62. The van der Waals surface area contributed by atoms with E-state index in [-0.39, 0.29) is 23.9 Å². The summed E-state index contributed by atoms with van der Waals surface area (Å²) in [4.78, 5) is 33.4. The molecule has 0 fully saturated rings. The van der Waals surface area contributed by atoms with Gasteiger partial charge in [0.05, 0.1) is 11.4 Å². The average Bonchev–Trinajstić information content (AvgIpc) is 3.34. The summed E-state index contributed by atoms with van der Waals surface area (Å²) in [6.07, 6.45) is 5.79. The smallest absolute Gasteiger partial charge is 0.344 e. The molecule has 0 saturated heterocycles. The van der Waals surface area contributed by atoms with Crippen molar-refractivity contribution >= 4 is 39.6 Å². The van der Waals surface area contributed by atoms with Gasteiger partial charge in [-0.15, -0.1) is 11.8 Å². The van der Waals surface area contributed by atoms with Crippen molar-refractivity contribution in [3.63, 3.8) is 0 Å². The lowest BCUT2D eigenvalue weighted by molar-refractivity contribution is -0.139. The number of urea groups is 1. The lowest BCUT2D eigenvalue weighted by Crippen LogP contribution is -2.39. The Morgan fingerprint density at radius 3 is 2.52 bits per heavy atom. The molecule has 10 nitrogen and oxygen atoms in total. The molecule has 1 aromatic heterocycles. The van der Waals surface area contributed by atoms with Crippen molar-refractivity contribution in [2.24, 2.45) is 10.7 Å². The van der Waals surface area contributed by atoms with Gasteiger partial charge in [-0.05, 0) is 47.6 Å². The maximum absolute atomic E-state index is 13.5. The molecule has 0 aliphatic carbocycles. The first-order chi connectivity index (χ1) is 20.0. The number of nitrogens with one attached hydrogen (secondary N) is 1. The minimum Gasteiger partial charge on any atom is -0.479 e. The van der Waals surface area contributed by atoms with Crippen molar-refractivity contribution in [1.29, 1.82) is 0 Å². The molecule has 0 saturated carbocycles. The fraction of sp³-hybridized carbons (Fsp3) is 0.333. The number of carbonyl (C=O) groups is 2. The summed E-state index contributed by atoms with van der Waals surface area (Å²) in [6, 6.07) is 17.0. The number of nitrogens with two attached hydrogens (primary N) is 1. The van der Waals surface area contributed by atoms with E-state index in [1.165, 1.54) is 6.07 Å². The van der Waals surface area contributed by atoms with Gasteiger partial charge < -0.3 is 15.7 Å². The van der Waals surface area contributed by atoms with E-state index in [1.807, 2.05) is 72.0 Å². The number of pyridine rings is 1. The van der Waals surface area contributed by atoms with E-state index in [4.69, 9.17) is 5.73 Å². The Labute approximate surface area is 250 Å². The van der Waals surface area contributed by atoms with Crippen molar-refractivity contribution in [2.45, 2.75) is 55.3 Å². The minimum absolute atomic E-state index is 0.111. The number of sulfonamides is 1. The summed E-state index contributed by atoms with van der Waals surface area (Å²) in [5, 5.41) is 9.95. The van der Waals surface area contributed by atoms with Gasteiger partial charge in [0.1, 0.15) is 5.84 Å². The predicted molar refractivity (Wildman–Crippen MR) is 165 cm³/mol. The van der Waals surface area contributed by atoms with Gasteiger partial charge in [-0.1, -0.05) is 62.7 Å². The first-order valence-electron chi connectivity index (χ1n) is 13.6. The second-order valence-electron chi connectivity index (χ2n) is 10.1. The van der Waals surface area contributed by atoms with Crippen LogP contribution in [0, 0.1) is 0 Å². The van der Waals surface area contributed by atoms with Crippen LogP contribution in [0.1, 0.15) is 55.8 Å². The molecule has 2 amide bonds. The van der Waals surface area contributed by atoms with Crippen LogP contribution in [0.25, 0.3) is 11.1 Å². The number of amidine groups is 1. The summed E-state index contributed by atoms with van der Waals surface area (Å²) in [5.74, 6) is -0.499. The van der Waals surface area contributed by atoms with Crippen molar-refractivity contribution < 1.29 is 23.1 Å². The van der Waals surface area contributed by atoms with Gasteiger partial charge >= 0.3 is 12.0 Å². The maximum atomic E-state index is 13.5. The number of primary amides is 1. The molecule has 0 spiro atoms. The molecule has 222 valence electrons. The quantitative estimate of drug-likeness (QED) is 0.264. The van der Waals surface area contributed by atoms with Gasteiger partial charge in [0.15, 0.2) is 0 Å². The highest BCUT2D eigenvalue weighted by Gasteiger charge is 2.45. The first-order valence-corrected chi connectivity index (χ1v) is 16.3. The summed E-state index contributed by atoms with van der Waals surface area (Å²) < 4.78 is 28.9. The molecule has 4 rings (SSSR count). The molecule has 4 N–H and O–H groups in total. The molecule has 42 heavy (non-hydrogen) atoms. The van der Waals surface area contributed by atoms with Gasteiger partial charge in [-0.3, -0.25) is 4.98 Å². The van der Waals surface area contributed by atoms with Crippen molar-refractivity contribution in [3.05, 3.63) is 83.7 Å². The summed E-state index contributed by atoms with van der Waals surface area (Å²) >= 11 is 1.16. The van der Waals surface area contributed by atoms with Crippen LogP contribution in [-0.4, -0.2) is 58.9 Å². The fourth-order valence-corrected chi connectivity index (χ4v) is 6.91. The van der Waals surface area contributed by atoms with Crippen molar-refractivity contribution in [2.75, 3.05) is 12.8 Å². The Bertz CT molecular complexity index is 1600. The van der Waals surface area contributed by atoms with E-state index in [1.54, 1.807) is 18.5 Å². The second-order valence-corrected chi connectivity index (χ2v) is 12.9. The van der Waals surface area contributed by atoms with E-state index in [9.17, 15) is 23.1 Å². The Kier molecular flexibility index (Phi) is 9.57. The number of amides is 2. The largest absolute Gasteiger partial charge is 0.479 e. The molecular weight excluding hydrogens is 574 g/mol. The number of hydrogen-bond donors (Lipinski definition) is 3. The number of unbranched alkanes of at least 4 members (excludes halogenated alkanes) is 1. The molecule has 2 unspecified atom stereocenters. The zero-order valence-corrected chi connectivity index (χ0v) is 25.4. The van der Waals surface area contributed by atoms with Crippen molar-refractivity contribution in [1.82, 2.24) is 14.6 Å². The number of hydrogen-bond acceptors (Lipinski definition) is 8. The molecule has 1 aliphatic rings. The SMILES string of the molecule is CCCCC1=NC(SC)(C(=O)O)CN1Cc1ccc(-c2ccccc2C(C)c2ccccn2)c(S(=O)(=O)NC(N)=O)c1. The van der Waals surface area contributed by atoms with Crippen LogP contribution in [0.15, 0.2) is 76.7 Å². The number of thioether (sulfide) groups is 1. The summed E-state index contributed by atoms with van der Waals surface area (Å²) in [7, 11) is -4.36. The lowest BCUT2D eigenvalue weighted by Gasteiger charge is -2.25. The number of nitrogens with zero attached hydrogens (tertiary/aromatic N) is 3. The molecule has 12 heteroatoms. The van der Waals surface area contributed by atoms with E-state index in [0.717, 1.165) is 35.9 Å². The van der Waals surface area contributed by atoms with Crippen LogP contribution < -0.4 is 10.5 Å². The van der Waals surface area contributed by atoms with Crippen LogP contribution in [0.3, 0.4) is 0 Å². The molecule has 3 aromatic rings. The normalized spacial score (nSPS) is 17.5. The Morgan fingerprint density at radius 2 is 1.88 bits per heavy atom. The van der Waals surface area contributed by atoms with Crippen LogP contribution in [0.4, 0.5) is 4.79 Å². The van der Waals surface area contributed by atoms with E-state index >= 15 is 0 Å². The number of benzene rings is 2. The molecule has 2 aromatic carbocycles. The number of rotatable bonds is 12. The maximum Gasteiger partial charge on any atom is 0.344 e. The van der Waals surface area contributed by atoms with Gasteiger partial charge in [0.2, 0.25) is 4.87 Å². The monoisotopic (exact) mass is 609 g/mol. The minimum atomic E-state index is -4.36. The topological polar surface area (TPSA) is 155 Å². The van der Waals surface area contributed by atoms with Crippen LogP contribution in [0.5, 0.6) is 0 Å². The molecule has 0 bridgehead atoms. The van der Waals surface area contributed by atoms with Gasteiger partial charge in [-0.2, -0.15) is 0 Å². The van der Waals surface area contributed by atoms with E-state index in [0.29, 0.717) is 28.9 Å². The predicted octanol–water partition coefficient (Wildman–Crippen LogP) is 4.81. The van der Waals surface area contributed by atoms with Crippen molar-refractivity contribution in [3.8, 4) is 11.1 Å². The number of carbonyl (C=O) groups excluding carboxylic acids is 1. The number of aliphatic imine (C=N–C) groups is 1. The third kappa shape index (κ3) is 6.60. The Balaban J connectivity index is 1.80. The average molecular weight is 610 g/mol. The number of carboxylic acids is 1. The lowest BCUT2D eigenvalue weighted by atomic mass is 9.89. The third-order valence-electron chi connectivity index (χ3n) is 7.30. The van der Waals surface area contributed by atoms with Gasteiger partial charge in [0, 0.05) is 36.3 Å². The van der Waals surface area contributed by atoms with Crippen LogP contribution >= 0.6 is 11.8 Å². The highest BCUT2D eigenvalue weighted by molar-refractivity contribution is 8.00. The third-order valence-corrected chi connectivity index (χ3v) is 9.76. The molecule has 2 heterocycles. The van der Waals surface area contributed by atoms with Gasteiger partial charge in [0.25, 0.3) is 10.0 Å². The fourth-order valence-electron chi connectivity index (χ4n) is 5.10. The highest BCUT2D eigenvalue weighted by Crippen LogP contribution is 2.38. The standard InChI is InChI=1S/C30H35N5O5S2/c1-4-5-13-27-33-30(41-3,28(36)37)19-35(27)18-21-14-15-24(26(17-21)42(39,40)34-29(31)38)23-11-7-6-10-22(23)20(2)25-12-8-9-16-32-25/h6-12,14-17,20H,4-5,13,18-19H2,1-3H3,(H,36,37)(H3,31,34,38). The molecule has 0 radical (unpaired) electrons. The molecule has 2 atom stereocenters. The van der Waals surface area contributed by atoms with Crippen LogP contribution in [-0.2, 0) is 21.4 Å². The van der Waals surface area contributed by atoms with Crippen LogP contribution in [0.2, 0.25) is 0 Å². The zero-order chi connectivity index (χ0) is 30.5. The summed E-state index contributed by atoms with van der Waals surface area (Å²) in [6.45, 7) is 4.43. The zero-order valence-electron chi connectivity index (χ0n) is 23.8. The van der Waals surface area contributed by atoms with E-state index < -0.39 is 26.9 Å². The number of aliphatic carboxylic acids is 1. The molecule has 1 aliphatic heterocycles. The van der Waals surface area contributed by atoms with Gasteiger partial charge in [-0.25, -0.2) is 27.7 Å². The number of carboxylic acid groups (broad SMARTS) is 1. The Hall–Kier alpha value is -3.90. The number of aromatic nitrogens is 1. The first kappa shape index (κ1) is 31.0. The second kappa shape index (κ2) is 13.0.